The first-order valence-electron chi connectivity index (χ1n) is 7.74. The Bertz CT molecular complexity index is 814. The van der Waals surface area contributed by atoms with E-state index >= 15 is 0 Å². The molecule has 1 aromatic heterocycles. The summed E-state index contributed by atoms with van der Waals surface area (Å²) >= 11 is 5.76. The third-order valence-electron chi connectivity index (χ3n) is 3.69. The topological polar surface area (TPSA) is 60.5 Å². The van der Waals surface area contributed by atoms with Crippen LogP contribution in [0.5, 0.6) is 11.5 Å². The number of pyridine rings is 1. The minimum Gasteiger partial charge on any atom is -0.486 e. The van der Waals surface area contributed by atoms with E-state index in [1.54, 1.807) is 12.1 Å². The smallest absolute Gasteiger partial charge is 0.417 e. The molecule has 0 saturated heterocycles. The predicted octanol–water partition coefficient (Wildman–Crippen LogP) is 4.31. The van der Waals surface area contributed by atoms with Crippen molar-refractivity contribution in [1.82, 2.24) is 4.98 Å². The fourth-order valence-corrected chi connectivity index (χ4v) is 2.59. The summed E-state index contributed by atoms with van der Waals surface area (Å²) < 4.78 is 49.0. The number of fused-ring (bicyclic) bond motifs is 1. The minimum absolute atomic E-state index is 0.0786. The summed E-state index contributed by atoms with van der Waals surface area (Å²) in [5, 5.41) is 2.12. The summed E-state index contributed by atoms with van der Waals surface area (Å²) in [5.74, 6) is 0.711. The lowest BCUT2D eigenvalue weighted by atomic mass is 10.1. The molecule has 1 aromatic carbocycles. The van der Waals surface area contributed by atoms with Crippen LogP contribution in [0.3, 0.4) is 0 Å². The Morgan fingerprint density at radius 3 is 2.73 bits per heavy atom. The molecule has 1 amide bonds. The van der Waals surface area contributed by atoms with Crippen LogP contribution in [-0.4, -0.2) is 23.6 Å². The van der Waals surface area contributed by atoms with Crippen LogP contribution in [0.25, 0.3) is 0 Å². The van der Waals surface area contributed by atoms with E-state index in [1.165, 1.54) is 0 Å². The summed E-state index contributed by atoms with van der Waals surface area (Å²) in [5.41, 5.74) is -0.980. The number of rotatable bonds is 4. The second-order valence-corrected chi connectivity index (χ2v) is 6.04. The fraction of sp³-hybridized carbons (Fsp3) is 0.294. The molecule has 1 atom stereocenters. The second-order valence-electron chi connectivity index (χ2n) is 5.64. The van der Waals surface area contributed by atoms with Crippen LogP contribution in [0.1, 0.15) is 18.4 Å². The molecule has 3 rings (SSSR count). The molecule has 0 radical (unpaired) electrons. The van der Waals surface area contributed by atoms with E-state index < -0.39 is 17.6 Å². The number of anilines is 1. The molecule has 0 saturated carbocycles. The maximum absolute atomic E-state index is 12.6. The molecule has 1 N–H and O–H groups in total. The maximum atomic E-state index is 12.6. The van der Waals surface area contributed by atoms with Gasteiger partial charge in [0.2, 0.25) is 5.91 Å². The molecule has 138 valence electrons. The quantitative estimate of drug-likeness (QED) is 0.850. The highest BCUT2D eigenvalue weighted by atomic mass is 35.5. The molecule has 1 unspecified atom stereocenters. The number of alkyl halides is 3. The van der Waals surface area contributed by atoms with Gasteiger partial charge in [-0.25, -0.2) is 4.98 Å². The van der Waals surface area contributed by atoms with E-state index in [0.29, 0.717) is 30.7 Å². The van der Waals surface area contributed by atoms with E-state index in [1.807, 2.05) is 12.1 Å². The van der Waals surface area contributed by atoms with Gasteiger partial charge in [-0.15, -0.1) is 0 Å². The molecule has 2 heterocycles. The Morgan fingerprint density at radius 1 is 1.31 bits per heavy atom. The largest absolute Gasteiger partial charge is 0.486 e. The highest BCUT2D eigenvalue weighted by molar-refractivity contribution is 6.33. The summed E-state index contributed by atoms with van der Waals surface area (Å²) in [7, 11) is 0. The SMILES string of the molecule is O=C(CCC1COc2ccccc2O1)Nc1ncc(C(F)(F)F)cc1Cl. The van der Waals surface area contributed by atoms with Gasteiger partial charge in [0.05, 0.1) is 10.6 Å². The highest BCUT2D eigenvalue weighted by Gasteiger charge is 2.31. The number of carbonyl (C=O) groups excluding carboxylic acids is 1. The molecule has 0 bridgehead atoms. The van der Waals surface area contributed by atoms with Gasteiger partial charge in [0.15, 0.2) is 17.3 Å². The number of ether oxygens (including phenoxy) is 2. The van der Waals surface area contributed by atoms with Crippen molar-refractivity contribution >= 4 is 23.3 Å². The van der Waals surface area contributed by atoms with Gasteiger partial charge in [-0.2, -0.15) is 13.2 Å². The van der Waals surface area contributed by atoms with E-state index in [-0.39, 0.29) is 23.4 Å². The molecule has 9 heteroatoms. The van der Waals surface area contributed by atoms with Crippen LogP contribution in [0.4, 0.5) is 19.0 Å². The minimum atomic E-state index is -4.55. The number of amides is 1. The highest BCUT2D eigenvalue weighted by Crippen LogP contribution is 2.33. The first-order chi connectivity index (χ1) is 12.3. The number of hydrogen-bond acceptors (Lipinski definition) is 4. The second kappa shape index (κ2) is 7.41. The predicted molar refractivity (Wildman–Crippen MR) is 88.5 cm³/mol. The van der Waals surface area contributed by atoms with Crippen LogP contribution in [0.15, 0.2) is 36.5 Å². The molecule has 5 nitrogen and oxygen atoms in total. The lowest BCUT2D eigenvalue weighted by Crippen LogP contribution is -2.30. The van der Waals surface area contributed by atoms with E-state index in [4.69, 9.17) is 21.1 Å². The van der Waals surface area contributed by atoms with Crippen molar-refractivity contribution in [3.05, 3.63) is 47.1 Å². The van der Waals surface area contributed by atoms with E-state index in [9.17, 15) is 18.0 Å². The molecule has 0 aliphatic carbocycles. The number of benzene rings is 1. The van der Waals surface area contributed by atoms with Crippen LogP contribution < -0.4 is 14.8 Å². The average Bonchev–Trinajstić information content (AvgIpc) is 2.60. The van der Waals surface area contributed by atoms with Crippen LogP contribution in [-0.2, 0) is 11.0 Å². The Labute approximate surface area is 152 Å². The Morgan fingerprint density at radius 2 is 2.04 bits per heavy atom. The zero-order chi connectivity index (χ0) is 18.7. The van der Waals surface area contributed by atoms with Crippen molar-refractivity contribution in [3.63, 3.8) is 0 Å². The summed E-state index contributed by atoms with van der Waals surface area (Å²) in [6, 6.07) is 7.93. The van der Waals surface area contributed by atoms with Gasteiger partial charge in [0, 0.05) is 12.6 Å². The number of nitrogens with zero attached hydrogens (tertiary/aromatic N) is 1. The van der Waals surface area contributed by atoms with Crippen molar-refractivity contribution in [3.8, 4) is 11.5 Å². The molecular formula is C17H14ClF3N2O3. The number of carbonyl (C=O) groups is 1. The fourth-order valence-electron chi connectivity index (χ4n) is 2.38. The normalized spacial score (nSPS) is 16.2. The van der Waals surface area contributed by atoms with Gasteiger partial charge in [-0.1, -0.05) is 23.7 Å². The van der Waals surface area contributed by atoms with Gasteiger partial charge in [0.25, 0.3) is 0 Å². The van der Waals surface area contributed by atoms with Gasteiger partial charge < -0.3 is 14.8 Å². The van der Waals surface area contributed by atoms with Gasteiger partial charge in [-0.05, 0) is 24.6 Å². The van der Waals surface area contributed by atoms with Crippen LogP contribution >= 0.6 is 11.6 Å². The van der Waals surface area contributed by atoms with Crippen LogP contribution in [0, 0.1) is 0 Å². The van der Waals surface area contributed by atoms with Crippen molar-refractivity contribution in [2.45, 2.75) is 25.1 Å². The van der Waals surface area contributed by atoms with Gasteiger partial charge >= 0.3 is 6.18 Å². The molecule has 1 aliphatic heterocycles. The molecule has 0 spiro atoms. The molecule has 2 aromatic rings. The first-order valence-corrected chi connectivity index (χ1v) is 8.12. The molecule has 1 aliphatic rings. The van der Waals surface area contributed by atoms with Gasteiger partial charge in [-0.3, -0.25) is 4.79 Å². The van der Waals surface area contributed by atoms with E-state index in [2.05, 4.69) is 10.3 Å². The van der Waals surface area contributed by atoms with Crippen molar-refractivity contribution < 1.29 is 27.4 Å². The third-order valence-corrected chi connectivity index (χ3v) is 3.98. The summed E-state index contributed by atoms with van der Waals surface area (Å²) in [6.45, 7) is 0.309. The summed E-state index contributed by atoms with van der Waals surface area (Å²) in [4.78, 5) is 15.6. The monoisotopic (exact) mass is 386 g/mol. The lowest BCUT2D eigenvalue weighted by Gasteiger charge is -2.26. The number of halogens is 4. The summed E-state index contributed by atoms with van der Waals surface area (Å²) in [6.07, 6.45) is -3.77. The Hall–Kier alpha value is -2.48. The number of nitrogens with one attached hydrogen (secondary N) is 1. The average molecular weight is 387 g/mol. The number of hydrogen-bond donors (Lipinski definition) is 1. The number of para-hydroxylation sites is 2. The first kappa shape index (κ1) is 18.3. The van der Waals surface area contributed by atoms with Gasteiger partial charge in [0.1, 0.15) is 12.7 Å². The standard InChI is InChI=1S/C17H14ClF3N2O3/c18-12-7-10(17(19,20)21)8-22-16(12)23-15(24)6-5-11-9-25-13-3-1-2-4-14(13)26-11/h1-4,7-8,11H,5-6,9H2,(H,22,23,24). The van der Waals surface area contributed by atoms with E-state index in [0.717, 1.165) is 6.07 Å². The van der Waals surface area contributed by atoms with Crippen molar-refractivity contribution in [2.75, 3.05) is 11.9 Å². The van der Waals surface area contributed by atoms with Crippen molar-refractivity contribution in [1.29, 1.82) is 0 Å². The Kier molecular flexibility index (Phi) is 5.22. The molecule has 26 heavy (non-hydrogen) atoms. The van der Waals surface area contributed by atoms with Crippen molar-refractivity contribution in [2.24, 2.45) is 0 Å². The molecule has 0 fully saturated rings. The number of aromatic nitrogens is 1. The third kappa shape index (κ3) is 4.37. The lowest BCUT2D eigenvalue weighted by molar-refractivity contribution is -0.137. The molecular weight excluding hydrogens is 373 g/mol. The maximum Gasteiger partial charge on any atom is 0.417 e. The zero-order valence-electron chi connectivity index (χ0n) is 13.3. The Balaban J connectivity index is 1.54. The van der Waals surface area contributed by atoms with Crippen LogP contribution in [0.2, 0.25) is 5.02 Å². The zero-order valence-corrected chi connectivity index (χ0v) is 14.1.